The highest BCUT2D eigenvalue weighted by atomic mass is 19.1. The van der Waals surface area contributed by atoms with Gasteiger partial charge in [-0.2, -0.15) is 0 Å². The van der Waals surface area contributed by atoms with Crippen LogP contribution in [0.2, 0.25) is 0 Å². The molecule has 1 heterocycles. The molecular weight excluding hydrogens is 497 g/mol. The summed E-state index contributed by atoms with van der Waals surface area (Å²) in [6.07, 6.45) is 0.196. The van der Waals surface area contributed by atoms with Gasteiger partial charge in [-0.25, -0.2) is 4.39 Å². The summed E-state index contributed by atoms with van der Waals surface area (Å²) in [5.41, 5.74) is 4.38. The van der Waals surface area contributed by atoms with Crippen molar-refractivity contribution in [2.45, 2.75) is 37.6 Å². The number of benzene rings is 3. The highest BCUT2D eigenvalue weighted by molar-refractivity contribution is 6.13. The summed E-state index contributed by atoms with van der Waals surface area (Å²) in [6, 6.07) is 20.5. The van der Waals surface area contributed by atoms with Crippen LogP contribution in [0.5, 0.6) is 0 Å². The molecule has 1 N–H and O–H groups in total. The van der Waals surface area contributed by atoms with Crippen LogP contribution >= 0.6 is 0 Å². The quantitative estimate of drug-likeness (QED) is 0.446. The first-order valence-corrected chi connectivity index (χ1v) is 13.0. The van der Waals surface area contributed by atoms with Gasteiger partial charge in [0.05, 0.1) is 29.8 Å². The minimum absolute atomic E-state index is 0.0557. The molecule has 0 spiro atoms. The Hall–Kier alpha value is -4.33. The lowest BCUT2D eigenvalue weighted by atomic mass is 9.72. The molecular formula is C31H30FN3O4. The number of hydrogen-bond acceptors (Lipinski definition) is 5. The van der Waals surface area contributed by atoms with Crippen LogP contribution in [0.15, 0.2) is 77.8 Å². The van der Waals surface area contributed by atoms with Crippen LogP contribution in [0.4, 0.5) is 21.5 Å². The maximum Gasteiger partial charge on any atom is 0.303 e. The summed E-state index contributed by atoms with van der Waals surface area (Å²) in [4.78, 5) is 47.6. The number of aliphatic imine (C=N–C) groups is 1. The van der Waals surface area contributed by atoms with E-state index < -0.39 is 17.9 Å². The third-order valence-corrected chi connectivity index (χ3v) is 7.52. The number of carboxylic acids is 1. The molecule has 3 unspecified atom stereocenters. The van der Waals surface area contributed by atoms with E-state index in [2.05, 4.69) is 0 Å². The summed E-state index contributed by atoms with van der Waals surface area (Å²) < 4.78 is 13.6. The third kappa shape index (κ3) is 5.32. The lowest BCUT2D eigenvalue weighted by molar-refractivity contribution is -0.138. The Balaban J connectivity index is 1.64. The Kier molecular flexibility index (Phi) is 7.28. The SMILES string of the molecule is CN(C)c1ccc(C2C3C(=O)CC(c4ccc(F)cc4)CC3=Nc3ccccc3N2C(=O)CCC(=O)O)cc1. The van der Waals surface area contributed by atoms with E-state index in [9.17, 15) is 23.9 Å². The van der Waals surface area contributed by atoms with Crippen LogP contribution in [-0.2, 0) is 14.4 Å². The molecule has 1 saturated carbocycles. The molecule has 0 aromatic heterocycles. The fourth-order valence-corrected chi connectivity index (χ4v) is 5.60. The van der Waals surface area contributed by atoms with E-state index in [1.165, 1.54) is 12.1 Å². The molecule has 3 atom stereocenters. The van der Waals surface area contributed by atoms with Gasteiger partial charge in [0.25, 0.3) is 0 Å². The van der Waals surface area contributed by atoms with Gasteiger partial charge in [0.15, 0.2) is 0 Å². The lowest BCUT2D eigenvalue weighted by Crippen LogP contribution is -2.45. The number of hydrogen-bond donors (Lipinski definition) is 1. The van der Waals surface area contributed by atoms with Crippen molar-refractivity contribution < 1.29 is 23.9 Å². The second-order valence-electron chi connectivity index (χ2n) is 10.3. The topological polar surface area (TPSA) is 90.3 Å². The molecule has 1 aliphatic heterocycles. The van der Waals surface area contributed by atoms with Gasteiger partial charge in [-0.05, 0) is 59.9 Å². The van der Waals surface area contributed by atoms with Crippen LogP contribution in [-0.4, -0.2) is 42.6 Å². The van der Waals surface area contributed by atoms with Crippen molar-refractivity contribution in [3.63, 3.8) is 0 Å². The second-order valence-corrected chi connectivity index (χ2v) is 10.3. The first-order chi connectivity index (χ1) is 18.7. The number of halogens is 1. The Labute approximate surface area is 226 Å². The molecule has 5 rings (SSSR count). The number of carboxylic acid groups (broad SMARTS) is 1. The van der Waals surface area contributed by atoms with E-state index in [0.717, 1.165) is 16.8 Å². The molecule has 2 aliphatic rings. The fourth-order valence-electron chi connectivity index (χ4n) is 5.60. The van der Waals surface area contributed by atoms with Gasteiger partial charge in [0.1, 0.15) is 11.6 Å². The molecule has 1 amide bonds. The van der Waals surface area contributed by atoms with Crippen molar-refractivity contribution in [2.24, 2.45) is 10.9 Å². The minimum Gasteiger partial charge on any atom is -0.481 e. The van der Waals surface area contributed by atoms with Crippen molar-refractivity contribution in [3.8, 4) is 0 Å². The summed E-state index contributed by atoms with van der Waals surface area (Å²) in [6.45, 7) is 0. The average molecular weight is 528 g/mol. The van der Waals surface area contributed by atoms with E-state index in [-0.39, 0.29) is 42.7 Å². The van der Waals surface area contributed by atoms with Crippen LogP contribution in [0.3, 0.4) is 0 Å². The highest BCUT2D eigenvalue weighted by Gasteiger charge is 2.46. The zero-order chi connectivity index (χ0) is 27.7. The number of rotatable bonds is 6. The molecule has 7 nitrogen and oxygen atoms in total. The van der Waals surface area contributed by atoms with E-state index in [4.69, 9.17) is 4.99 Å². The van der Waals surface area contributed by atoms with E-state index in [0.29, 0.717) is 23.5 Å². The molecule has 0 saturated heterocycles. The number of para-hydroxylation sites is 2. The maximum atomic E-state index is 14.0. The van der Waals surface area contributed by atoms with Gasteiger partial charge < -0.3 is 14.9 Å². The number of ketones is 1. The standard InChI is InChI=1S/C31H30FN3O4/c1-34(2)23-13-9-20(10-14-23)31-30-25(17-21(18-27(30)36)19-7-11-22(32)12-8-19)33-24-5-3-4-6-26(24)35(31)28(37)15-16-29(38)39/h3-14,21,30-31H,15-18H2,1-2H3,(H,38,39). The van der Waals surface area contributed by atoms with Gasteiger partial charge in [-0.15, -0.1) is 0 Å². The number of anilines is 2. The summed E-state index contributed by atoms with van der Waals surface area (Å²) in [7, 11) is 3.87. The first kappa shape index (κ1) is 26.3. The Morgan fingerprint density at radius 3 is 2.28 bits per heavy atom. The first-order valence-electron chi connectivity index (χ1n) is 13.0. The van der Waals surface area contributed by atoms with Gasteiger partial charge >= 0.3 is 5.97 Å². The van der Waals surface area contributed by atoms with E-state index in [1.54, 1.807) is 35.2 Å². The Morgan fingerprint density at radius 2 is 1.62 bits per heavy atom. The predicted molar refractivity (Wildman–Crippen MR) is 148 cm³/mol. The van der Waals surface area contributed by atoms with Crippen molar-refractivity contribution in [3.05, 3.63) is 89.7 Å². The second kappa shape index (κ2) is 10.8. The van der Waals surface area contributed by atoms with E-state index >= 15 is 0 Å². The molecule has 3 aromatic rings. The number of fused-ring (bicyclic) bond motifs is 2. The van der Waals surface area contributed by atoms with Crippen molar-refractivity contribution >= 4 is 40.4 Å². The smallest absolute Gasteiger partial charge is 0.303 e. The molecule has 3 aromatic carbocycles. The monoisotopic (exact) mass is 527 g/mol. The summed E-state index contributed by atoms with van der Waals surface area (Å²) in [5.74, 6) is -2.70. The summed E-state index contributed by atoms with van der Waals surface area (Å²) in [5, 5.41) is 9.29. The summed E-state index contributed by atoms with van der Waals surface area (Å²) >= 11 is 0. The molecule has 8 heteroatoms. The number of nitrogens with zero attached hydrogens (tertiary/aromatic N) is 3. The normalized spacial score (nSPS) is 20.4. The van der Waals surface area contributed by atoms with Gasteiger partial charge in [-0.1, -0.05) is 36.4 Å². The minimum atomic E-state index is -1.06. The van der Waals surface area contributed by atoms with Gasteiger partial charge in [0, 0.05) is 38.3 Å². The van der Waals surface area contributed by atoms with E-state index in [1.807, 2.05) is 49.3 Å². The van der Waals surface area contributed by atoms with Crippen LogP contribution in [0, 0.1) is 11.7 Å². The number of Topliss-reactive ketones (excluding diaryl/α,β-unsaturated/α-hetero) is 1. The third-order valence-electron chi connectivity index (χ3n) is 7.52. The van der Waals surface area contributed by atoms with Crippen LogP contribution in [0.25, 0.3) is 0 Å². The molecule has 1 aliphatic carbocycles. The molecule has 39 heavy (non-hydrogen) atoms. The predicted octanol–water partition coefficient (Wildman–Crippen LogP) is 5.68. The Bertz CT molecular complexity index is 1430. The zero-order valence-electron chi connectivity index (χ0n) is 21.9. The lowest BCUT2D eigenvalue weighted by Gasteiger charge is -2.39. The van der Waals surface area contributed by atoms with Crippen molar-refractivity contribution in [1.29, 1.82) is 0 Å². The van der Waals surface area contributed by atoms with Crippen LogP contribution < -0.4 is 9.80 Å². The molecule has 0 bridgehead atoms. The van der Waals surface area contributed by atoms with Gasteiger partial charge in [-0.3, -0.25) is 19.4 Å². The average Bonchev–Trinajstić information content (AvgIpc) is 3.07. The highest BCUT2D eigenvalue weighted by Crippen LogP contribution is 2.47. The zero-order valence-corrected chi connectivity index (χ0v) is 21.9. The number of aliphatic carboxylic acids is 1. The largest absolute Gasteiger partial charge is 0.481 e. The number of carbonyl (C=O) groups excluding carboxylic acids is 2. The van der Waals surface area contributed by atoms with Crippen molar-refractivity contribution in [2.75, 3.05) is 23.9 Å². The Morgan fingerprint density at radius 1 is 0.949 bits per heavy atom. The molecule has 200 valence electrons. The van der Waals surface area contributed by atoms with Gasteiger partial charge in [0.2, 0.25) is 5.91 Å². The maximum absolute atomic E-state index is 14.0. The van der Waals surface area contributed by atoms with Crippen molar-refractivity contribution in [1.82, 2.24) is 0 Å². The van der Waals surface area contributed by atoms with Crippen LogP contribution in [0.1, 0.15) is 48.8 Å². The number of amides is 1. The molecule has 1 fully saturated rings. The number of carbonyl (C=O) groups is 3. The molecule has 0 radical (unpaired) electrons. The fraction of sp³-hybridized carbons (Fsp3) is 0.290.